The Morgan fingerprint density at radius 3 is 2.76 bits per heavy atom. The van der Waals surface area contributed by atoms with Crippen molar-refractivity contribution >= 4 is 16.7 Å². The van der Waals surface area contributed by atoms with Crippen molar-refractivity contribution in [1.82, 2.24) is 9.97 Å². The van der Waals surface area contributed by atoms with Crippen molar-refractivity contribution in [3.05, 3.63) is 30.6 Å². The number of hydrogen-bond donors (Lipinski definition) is 1. The monoisotopic (exact) mass is 229 g/mol. The molecule has 17 heavy (non-hydrogen) atoms. The fourth-order valence-electron chi connectivity index (χ4n) is 2.04. The Balaban J connectivity index is 2.28. The maximum absolute atomic E-state index is 4.35. The minimum Gasteiger partial charge on any atom is -0.367 e. The van der Waals surface area contributed by atoms with E-state index in [4.69, 9.17) is 0 Å². The van der Waals surface area contributed by atoms with Gasteiger partial charge in [0, 0.05) is 11.4 Å². The maximum Gasteiger partial charge on any atom is 0.137 e. The van der Waals surface area contributed by atoms with Crippen LogP contribution in [-0.4, -0.2) is 16.0 Å². The molecule has 0 aliphatic carbocycles. The molecular formula is C14H19N3. The van der Waals surface area contributed by atoms with E-state index < -0.39 is 0 Å². The Labute approximate surface area is 102 Å². The second-order valence-corrected chi connectivity index (χ2v) is 4.28. The average molecular weight is 229 g/mol. The van der Waals surface area contributed by atoms with Gasteiger partial charge >= 0.3 is 0 Å². The fourth-order valence-corrected chi connectivity index (χ4v) is 2.04. The van der Waals surface area contributed by atoms with E-state index in [9.17, 15) is 0 Å². The molecule has 0 radical (unpaired) electrons. The number of rotatable bonds is 5. The van der Waals surface area contributed by atoms with Crippen molar-refractivity contribution < 1.29 is 0 Å². The first-order valence-electron chi connectivity index (χ1n) is 6.31. The van der Waals surface area contributed by atoms with E-state index in [0.29, 0.717) is 6.04 Å². The zero-order valence-corrected chi connectivity index (χ0v) is 10.5. The van der Waals surface area contributed by atoms with Gasteiger partial charge in [-0.15, -0.1) is 0 Å². The quantitative estimate of drug-likeness (QED) is 0.851. The molecule has 90 valence electrons. The lowest BCUT2D eigenvalue weighted by atomic mass is 10.1. The third-order valence-electron chi connectivity index (χ3n) is 3.01. The average Bonchev–Trinajstić information content (AvgIpc) is 2.38. The van der Waals surface area contributed by atoms with Crippen LogP contribution in [0.1, 0.15) is 33.1 Å². The highest BCUT2D eigenvalue weighted by atomic mass is 15.0. The molecule has 1 unspecified atom stereocenters. The summed E-state index contributed by atoms with van der Waals surface area (Å²) in [7, 11) is 0. The number of fused-ring (bicyclic) bond motifs is 1. The van der Waals surface area contributed by atoms with Gasteiger partial charge in [0.25, 0.3) is 0 Å². The molecule has 0 saturated carbocycles. The van der Waals surface area contributed by atoms with E-state index in [1.54, 1.807) is 6.33 Å². The topological polar surface area (TPSA) is 37.8 Å². The first kappa shape index (κ1) is 11.8. The lowest BCUT2D eigenvalue weighted by Crippen LogP contribution is -2.19. The standard InChI is InChI=1S/C14H19N3/c1-3-7-11(4-2)17-14-12-8-5-6-9-13(12)15-10-16-14/h5-6,8-11H,3-4,7H2,1-2H3,(H,15,16,17). The van der Waals surface area contributed by atoms with Crippen LogP contribution in [0.25, 0.3) is 10.9 Å². The molecule has 3 nitrogen and oxygen atoms in total. The van der Waals surface area contributed by atoms with Crippen LogP contribution in [0.15, 0.2) is 30.6 Å². The van der Waals surface area contributed by atoms with Gasteiger partial charge in [0.2, 0.25) is 0 Å². The van der Waals surface area contributed by atoms with Crippen molar-refractivity contribution in [1.29, 1.82) is 0 Å². The summed E-state index contributed by atoms with van der Waals surface area (Å²) in [5.41, 5.74) is 0.997. The first-order valence-corrected chi connectivity index (χ1v) is 6.31. The van der Waals surface area contributed by atoms with Crippen LogP contribution in [-0.2, 0) is 0 Å². The van der Waals surface area contributed by atoms with Crippen LogP contribution in [0.2, 0.25) is 0 Å². The predicted octanol–water partition coefficient (Wildman–Crippen LogP) is 3.62. The van der Waals surface area contributed by atoms with Crippen LogP contribution < -0.4 is 5.32 Å². The molecule has 0 spiro atoms. The zero-order chi connectivity index (χ0) is 12.1. The van der Waals surface area contributed by atoms with E-state index in [2.05, 4.69) is 35.2 Å². The van der Waals surface area contributed by atoms with E-state index in [1.807, 2.05) is 18.2 Å². The van der Waals surface area contributed by atoms with E-state index in [1.165, 1.54) is 12.8 Å². The summed E-state index contributed by atoms with van der Waals surface area (Å²) in [6.45, 7) is 4.42. The molecule has 1 atom stereocenters. The number of benzene rings is 1. The second-order valence-electron chi connectivity index (χ2n) is 4.28. The third-order valence-corrected chi connectivity index (χ3v) is 3.01. The van der Waals surface area contributed by atoms with Crippen LogP contribution >= 0.6 is 0 Å². The van der Waals surface area contributed by atoms with Gasteiger partial charge in [0.15, 0.2) is 0 Å². The number of anilines is 1. The molecule has 0 amide bonds. The molecular weight excluding hydrogens is 210 g/mol. The predicted molar refractivity (Wildman–Crippen MR) is 72.1 cm³/mol. The summed E-state index contributed by atoms with van der Waals surface area (Å²) in [5.74, 6) is 0.955. The highest BCUT2D eigenvalue weighted by Crippen LogP contribution is 2.20. The molecule has 0 aliphatic heterocycles. The number of nitrogens with one attached hydrogen (secondary N) is 1. The molecule has 0 bridgehead atoms. The fraction of sp³-hybridized carbons (Fsp3) is 0.429. The second kappa shape index (κ2) is 5.62. The minimum atomic E-state index is 0.498. The van der Waals surface area contributed by atoms with Gasteiger partial charge < -0.3 is 5.32 Å². The highest BCUT2D eigenvalue weighted by Gasteiger charge is 2.08. The van der Waals surface area contributed by atoms with Gasteiger partial charge in [-0.2, -0.15) is 0 Å². The largest absolute Gasteiger partial charge is 0.367 e. The Hall–Kier alpha value is -1.64. The number of hydrogen-bond acceptors (Lipinski definition) is 3. The normalized spacial score (nSPS) is 12.6. The Morgan fingerprint density at radius 1 is 1.18 bits per heavy atom. The molecule has 0 aliphatic rings. The Morgan fingerprint density at radius 2 is 2.00 bits per heavy atom. The van der Waals surface area contributed by atoms with Gasteiger partial charge in [0.05, 0.1) is 5.52 Å². The van der Waals surface area contributed by atoms with Crippen molar-refractivity contribution in [2.75, 3.05) is 5.32 Å². The van der Waals surface area contributed by atoms with Crippen LogP contribution in [0.3, 0.4) is 0 Å². The Kier molecular flexibility index (Phi) is 3.91. The van der Waals surface area contributed by atoms with E-state index >= 15 is 0 Å². The molecule has 2 rings (SSSR count). The summed E-state index contributed by atoms with van der Waals surface area (Å²) >= 11 is 0. The molecule has 0 saturated heterocycles. The van der Waals surface area contributed by atoms with Crippen molar-refractivity contribution in [2.24, 2.45) is 0 Å². The van der Waals surface area contributed by atoms with E-state index in [-0.39, 0.29) is 0 Å². The smallest absolute Gasteiger partial charge is 0.137 e. The molecule has 1 N–H and O–H groups in total. The lowest BCUT2D eigenvalue weighted by molar-refractivity contribution is 0.621. The molecule has 2 aromatic rings. The van der Waals surface area contributed by atoms with Gasteiger partial charge in [0.1, 0.15) is 12.1 Å². The van der Waals surface area contributed by atoms with Crippen molar-refractivity contribution in [3.63, 3.8) is 0 Å². The van der Waals surface area contributed by atoms with Crippen molar-refractivity contribution in [3.8, 4) is 0 Å². The maximum atomic E-state index is 4.35. The first-order chi connectivity index (χ1) is 8.35. The molecule has 1 aromatic heterocycles. The number of para-hydroxylation sites is 1. The lowest BCUT2D eigenvalue weighted by Gasteiger charge is -2.17. The minimum absolute atomic E-state index is 0.498. The van der Waals surface area contributed by atoms with Crippen LogP contribution in [0.5, 0.6) is 0 Å². The molecule has 3 heteroatoms. The number of aromatic nitrogens is 2. The zero-order valence-electron chi connectivity index (χ0n) is 10.5. The summed E-state index contributed by atoms with van der Waals surface area (Å²) in [6.07, 6.45) is 5.11. The van der Waals surface area contributed by atoms with Crippen molar-refractivity contribution in [2.45, 2.75) is 39.2 Å². The summed E-state index contributed by atoms with van der Waals surface area (Å²) in [6, 6.07) is 8.61. The molecule has 1 heterocycles. The van der Waals surface area contributed by atoms with Gasteiger partial charge in [-0.25, -0.2) is 9.97 Å². The molecule has 0 fully saturated rings. The van der Waals surface area contributed by atoms with Gasteiger partial charge in [-0.05, 0) is 25.0 Å². The van der Waals surface area contributed by atoms with Gasteiger partial charge in [-0.3, -0.25) is 0 Å². The third kappa shape index (κ3) is 2.73. The summed E-state index contributed by atoms with van der Waals surface area (Å²) in [5, 5.41) is 4.62. The number of nitrogens with zero attached hydrogens (tertiary/aromatic N) is 2. The van der Waals surface area contributed by atoms with Crippen LogP contribution in [0, 0.1) is 0 Å². The highest BCUT2D eigenvalue weighted by molar-refractivity contribution is 5.88. The summed E-state index contributed by atoms with van der Waals surface area (Å²) in [4.78, 5) is 8.62. The Bertz CT molecular complexity index is 476. The van der Waals surface area contributed by atoms with Crippen LogP contribution in [0.4, 0.5) is 5.82 Å². The molecule has 1 aromatic carbocycles. The SMILES string of the molecule is CCCC(CC)Nc1ncnc2ccccc12. The van der Waals surface area contributed by atoms with E-state index in [0.717, 1.165) is 23.1 Å². The summed E-state index contributed by atoms with van der Waals surface area (Å²) < 4.78 is 0. The van der Waals surface area contributed by atoms with Gasteiger partial charge in [-0.1, -0.05) is 32.4 Å².